The first-order valence-corrected chi connectivity index (χ1v) is 7.77. The van der Waals surface area contributed by atoms with Crippen molar-refractivity contribution in [2.24, 2.45) is 0 Å². The van der Waals surface area contributed by atoms with Crippen LogP contribution < -0.4 is 5.32 Å². The molecule has 0 aromatic heterocycles. The molecule has 122 valence electrons. The van der Waals surface area contributed by atoms with Gasteiger partial charge in [0.2, 0.25) is 3.79 Å². The van der Waals surface area contributed by atoms with Gasteiger partial charge in [-0.25, -0.2) is 4.79 Å². The molecule has 0 saturated heterocycles. The van der Waals surface area contributed by atoms with Crippen LogP contribution in [0.15, 0.2) is 35.9 Å². The molecule has 0 spiro atoms. The number of nitrogens with one attached hydrogen (secondary N) is 1. The Labute approximate surface area is 147 Å². The molecule has 2 rings (SSSR count). The van der Waals surface area contributed by atoms with Gasteiger partial charge in [0.25, 0.3) is 0 Å². The van der Waals surface area contributed by atoms with Crippen LogP contribution in [0.2, 0.25) is 0 Å². The van der Waals surface area contributed by atoms with Gasteiger partial charge < -0.3 is 10.1 Å². The molecule has 1 aromatic rings. The number of alkyl carbamates (subject to hydrolysis) is 1. The zero-order valence-corrected chi connectivity index (χ0v) is 14.0. The average molecular weight is 377 g/mol. The lowest BCUT2D eigenvalue weighted by molar-refractivity contribution is 0.0981. The largest absolute Gasteiger partial charge is 0.445 e. The predicted molar refractivity (Wildman–Crippen MR) is 87.4 cm³/mol. The van der Waals surface area contributed by atoms with Crippen LogP contribution in [0.25, 0.3) is 0 Å². The van der Waals surface area contributed by atoms with E-state index in [-0.39, 0.29) is 24.5 Å². The maximum absolute atomic E-state index is 12.3. The number of allylic oxidation sites excluding steroid dienone is 1. The lowest BCUT2D eigenvalue weighted by Crippen LogP contribution is -2.29. The summed E-state index contributed by atoms with van der Waals surface area (Å²) in [7, 11) is 0. The van der Waals surface area contributed by atoms with Crippen LogP contribution in [-0.2, 0) is 4.74 Å². The minimum atomic E-state index is -1.69. The summed E-state index contributed by atoms with van der Waals surface area (Å²) in [6.07, 6.45) is 0.715. The van der Waals surface area contributed by atoms with Gasteiger partial charge in [-0.3, -0.25) is 9.59 Å². The lowest BCUT2D eigenvalue weighted by Gasteiger charge is -2.15. The number of benzene rings is 1. The predicted octanol–water partition coefficient (Wildman–Crippen LogP) is 3.48. The van der Waals surface area contributed by atoms with Crippen LogP contribution in [0.1, 0.15) is 27.1 Å². The van der Waals surface area contributed by atoms with Gasteiger partial charge in [-0.2, -0.15) is 0 Å². The van der Waals surface area contributed by atoms with Crippen molar-refractivity contribution >= 4 is 52.5 Å². The molecule has 1 aromatic carbocycles. The zero-order chi connectivity index (χ0) is 17.0. The Morgan fingerprint density at radius 1 is 1.13 bits per heavy atom. The second kappa shape index (κ2) is 7.34. The Hall–Kier alpha value is -1.56. The number of fused-ring (bicyclic) bond motifs is 1. The Morgan fingerprint density at radius 3 is 2.43 bits per heavy atom. The summed E-state index contributed by atoms with van der Waals surface area (Å²) in [4.78, 5) is 35.6. The van der Waals surface area contributed by atoms with Gasteiger partial charge in [-0.1, -0.05) is 59.1 Å². The molecule has 1 aliphatic carbocycles. The number of ketones is 2. The fourth-order valence-corrected chi connectivity index (χ4v) is 2.22. The summed E-state index contributed by atoms with van der Waals surface area (Å²) in [6, 6.07) is 6.60. The molecule has 23 heavy (non-hydrogen) atoms. The first kappa shape index (κ1) is 17.8. The minimum Gasteiger partial charge on any atom is -0.445 e. The van der Waals surface area contributed by atoms with Crippen molar-refractivity contribution in [1.29, 1.82) is 0 Å². The van der Waals surface area contributed by atoms with E-state index in [4.69, 9.17) is 34.8 Å². The molecular weight excluding hydrogens is 365 g/mol. The van der Waals surface area contributed by atoms with Crippen LogP contribution >= 0.6 is 34.8 Å². The fourth-order valence-electron chi connectivity index (χ4n) is 2.05. The van der Waals surface area contributed by atoms with E-state index in [1.54, 1.807) is 24.3 Å². The highest BCUT2D eigenvalue weighted by molar-refractivity contribution is 6.67. The molecule has 0 aliphatic heterocycles. The Morgan fingerprint density at radius 2 is 1.78 bits per heavy atom. The SMILES string of the molecule is O=C(NCCC1=CC(=O)c2ccccc2C1=O)OCC(Cl)(Cl)Cl. The highest BCUT2D eigenvalue weighted by atomic mass is 35.6. The van der Waals surface area contributed by atoms with Crippen LogP contribution in [0.5, 0.6) is 0 Å². The standard InChI is InChI=1S/C15H12Cl3NO4/c16-15(17,18)8-23-14(22)19-6-5-9-7-12(20)10-3-1-2-4-11(10)13(9)21/h1-4,7H,5-6,8H2,(H,19,22). The van der Waals surface area contributed by atoms with Gasteiger partial charge in [0, 0.05) is 23.2 Å². The van der Waals surface area contributed by atoms with Crippen molar-refractivity contribution in [2.75, 3.05) is 13.2 Å². The molecule has 0 saturated carbocycles. The number of amides is 1. The van der Waals surface area contributed by atoms with E-state index in [2.05, 4.69) is 10.1 Å². The van der Waals surface area contributed by atoms with Crippen molar-refractivity contribution in [1.82, 2.24) is 5.32 Å². The van der Waals surface area contributed by atoms with Crippen LogP contribution in [0.3, 0.4) is 0 Å². The summed E-state index contributed by atoms with van der Waals surface area (Å²) in [6.45, 7) is -0.275. The lowest BCUT2D eigenvalue weighted by atomic mass is 9.88. The number of Topliss-reactive ketones (excluding diaryl/α,β-unsaturated/α-hetero) is 1. The highest BCUT2D eigenvalue weighted by Gasteiger charge is 2.25. The number of rotatable bonds is 4. The molecule has 8 heteroatoms. The second-order valence-corrected chi connectivity index (χ2v) is 7.29. The number of hydrogen-bond donors (Lipinski definition) is 1. The van der Waals surface area contributed by atoms with Crippen molar-refractivity contribution < 1.29 is 19.1 Å². The van der Waals surface area contributed by atoms with Crippen LogP contribution in [0.4, 0.5) is 4.79 Å². The van der Waals surface area contributed by atoms with Crippen molar-refractivity contribution in [3.05, 3.63) is 47.0 Å². The Kier molecular flexibility index (Phi) is 5.68. The van der Waals surface area contributed by atoms with E-state index < -0.39 is 16.5 Å². The number of halogens is 3. The van der Waals surface area contributed by atoms with Gasteiger partial charge in [-0.05, 0) is 12.5 Å². The molecule has 1 N–H and O–H groups in total. The van der Waals surface area contributed by atoms with Gasteiger partial charge in [-0.15, -0.1) is 0 Å². The van der Waals surface area contributed by atoms with E-state index >= 15 is 0 Å². The monoisotopic (exact) mass is 375 g/mol. The quantitative estimate of drug-likeness (QED) is 0.817. The topological polar surface area (TPSA) is 72.5 Å². The minimum absolute atomic E-state index is 0.117. The first-order valence-electron chi connectivity index (χ1n) is 6.64. The van der Waals surface area contributed by atoms with Crippen molar-refractivity contribution in [3.63, 3.8) is 0 Å². The molecule has 0 unspecified atom stereocenters. The molecule has 0 radical (unpaired) electrons. The smallest absolute Gasteiger partial charge is 0.407 e. The van der Waals surface area contributed by atoms with E-state index in [0.717, 1.165) is 0 Å². The summed E-state index contributed by atoms with van der Waals surface area (Å²) in [5.74, 6) is -0.453. The third-order valence-corrected chi connectivity index (χ3v) is 3.39. The van der Waals surface area contributed by atoms with E-state index in [0.29, 0.717) is 16.7 Å². The van der Waals surface area contributed by atoms with Crippen molar-refractivity contribution in [2.45, 2.75) is 10.2 Å². The summed E-state index contributed by atoms with van der Waals surface area (Å²) in [5, 5.41) is 2.42. The fraction of sp³-hybridized carbons (Fsp3) is 0.267. The van der Waals surface area contributed by atoms with Crippen LogP contribution in [-0.4, -0.2) is 34.6 Å². The van der Waals surface area contributed by atoms with Crippen molar-refractivity contribution in [3.8, 4) is 0 Å². The summed E-state index contributed by atoms with van der Waals surface area (Å²) in [5.41, 5.74) is 1.08. The molecule has 1 aliphatic rings. The maximum atomic E-state index is 12.3. The Bertz CT molecular complexity index is 680. The molecule has 5 nitrogen and oxygen atoms in total. The number of ether oxygens (including phenoxy) is 1. The van der Waals surface area contributed by atoms with E-state index in [1.807, 2.05) is 0 Å². The number of carbonyl (C=O) groups is 3. The summed E-state index contributed by atoms with van der Waals surface area (Å²) < 4.78 is 3.00. The maximum Gasteiger partial charge on any atom is 0.407 e. The summed E-state index contributed by atoms with van der Waals surface area (Å²) >= 11 is 16.4. The van der Waals surface area contributed by atoms with Crippen LogP contribution in [0, 0.1) is 0 Å². The molecule has 1 amide bonds. The molecule has 0 heterocycles. The molecular formula is C15H12Cl3NO4. The number of alkyl halides is 3. The Balaban J connectivity index is 1.89. The second-order valence-electron chi connectivity index (χ2n) is 4.78. The highest BCUT2D eigenvalue weighted by Crippen LogP contribution is 2.26. The van der Waals surface area contributed by atoms with Gasteiger partial charge in [0.1, 0.15) is 6.61 Å². The average Bonchev–Trinajstić information content (AvgIpc) is 2.49. The number of hydrogen-bond acceptors (Lipinski definition) is 4. The third kappa shape index (κ3) is 4.96. The first-order chi connectivity index (χ1) is 10.8. The molecule has 0 fully saturated rings. The van der Waals surface area contributed by atoms with Gasteiger partial charge in [0.15, 0.2) is 11.6 Å². The van der Waals surface area contributed by atoms with Gasteiger partial charge in [0.05, 0.1) is 0 Å². The number of carbonyl (C=O) groups excluding carboxylic acids is 3. The normalized spacial score (nSPS) is 14.1. The third-order valence-electron chi connectivity index (χ3n) is 3.06. The van der Waals surface area contributed by atoms with E-state index in [1.165, 1.54) is 6.08 Å². The molecule has 0 bridgehead atoms. The zero-order valence-electron chi connectivity index (χ0n) is 11.8. The van der Waals surface area contributed by atoms with E-state index in [9.17, 15) is 14.4 Å². The van der Waals surface area contributed by atoms with Gasteiger partial charge >= 0.3 is 6.09 Å². The molecule has 0 atom stereocenters.